The molecule has 1 atom stereocenters. The molecule has 19 heavy (non-hydrogen) atoms. The van der Waals surface area contributed by atoms with Gasteiger partial charge in [-0.3, -0.25) is 14.4 Å². The number of carbonyl (C=O) groups is 3. The first kappa shape index (κ1) is 15.5. The van der Waals surface area contributed by atoms with Crippen molar-refractivity contribution in [3.8, 4) is 0 Å². The molecule has 1 unspecified atom stereocenters. The maximum atomic E-state index is 11.7. The number of piperidine rings is 1. The van der Waals surface area contributed by atoms with E-state index in [2.05, 4.69) is 5.32 Å². The van der Waals surface area contributed by atoms with Crippen molar-refractivity contribution < 1.29 is 19.5 Å². The number of nitrogens with one attached hydrogen (secondary N) is 1. The molecule has 1 rings (SSSR count). The zero-order valence-electron chi connectivity index (χ0n) is 11.5. The van der Waals surface area contributed by atoms with Gasteiger partial charge in [-0.05, 0) is 18.8 Å². The fourth-order valence-electron chi connectivity index (χ4n) is 2.31. The first-order chi connectivity index (χ1) is 8.88. The minimum atomic E-state index is -0.880. The lowest BCUT2D eigenvalue weighted by Crippen LogP contribution is -2.46. The Morgan fingerprint density at radius 2 is 1.84 bits per heavy atom. The lowest BCUT2D eigenvalue weighted by atomic mass is 10.0. The Morgan fingerprint density at radius 3 is 2.32 bits per heavy atom. The molecule has 0 aliphatic carbocycles. The summed E-state index contributed by atoms with van der Waals surface area (Å²) < 4.78 is 0. The summed E-state index contributed by atoms with van der Waals surface area (Å²) in [6.45, 7) is 4.65. The third-order valence-corrected chi connectivity index (χ3v) is 3.36. The number of aliphatic carboxylic acids is 1. The van der Waals surface area contributed by atoms with Crippen molar-refractivity contribution in [3.63, 3.8) is 0 Å². The average Bonchev–Trinajstić information content (AvgIpc) is 2.27. The summed E-state index contributed by atoms with van der Waals surface area (Å²) in [5, 5.41) is 11.5. The molecule has 1 saturated heterocycles. The van der Waals surface area contributed by atoms with Gasteiger partial charge in [-0.15, -0.1) is 0 Å². The number of likely N-dealkylation sites (tertiary alicyclic amines) is 1. The van der Waals surface area contributed by atoms with Gasteiger partial charge in [0.1, 0.15) is 0 Å². The van der Waals surface area contributed by atoms with Crippen LogP contribution < -0.4 is 5.32 Å². The van der Waals surface area contributed by atoms with E-state index in [-0.39, 0.29) is 36.6 Å². The van der Waals surface area contributed by atoms with Crippen molar-refractivity contribution in [3.05, 3.63) is 0 Å². The molecule has 6 heteroatoms. The number of hydrogen-bond acceptors (Lipinski definition) is 3. The predicted molar refractivity (Wildman–Crippen MR) is 69.5 cm³/mol. The monoisotopic (exact) mass is 270 g/mol. The van der Waals surface area contributed by atoms with Crippen LogP contribution in [0.5, 0.6) is 0 Å². The van der Waals surface area contributed by atoms with Gasteiger partial charge in [0.2, 0.25) is 11.8 Å². The number of carbonyl (C=O) groups excluding carboxylic acids is 2. The van der Waals surface area contributed by atoms with Gasteiger partial charge in [0.05, 0.1) is 0 Å². The minimum Gasteiger partial charge on any atom is -0.481 e. The second kappa shape index (κ2) is 7.11. The SMILES string of the molecule is CC(=O)N1CCC(NC(=O)CC(C)CC(=O)O)CC1. The molecule has 108 valence electrons. The van der Waals surface area contributed by atoms with Gasteiger partial charge in [0.15, 0.2) is 0 Å². The van der Waals surface area contributed by atoms with Gasteiger partial charge in [-0.25, -0.2) is 0 Å². The fourth-order valence-corrected chi connectivity index (χ4v) is 2.31. The minimum absolute atomic E-state index is 0.0101. The molecule has 0 aromatic rings. The average molecular weight is 270 g/mol. The van der Waals surface area contributed by atoms with Crippen LogP contribution in [-0.4, -0.2) is 46.9 Å². The summed E-state index contributed by atoms with van der Waals surface area (Å²) in [6, 6.07) is 0.0973. The van der Waals surface area contributed by atoms with Gasteiger partial charge in [0, 0.05) is 38.9 Å². The standard InChI is InChI=1S/C13H22N2O4/c1-9(8-13(18)19)7-12(17)14-11-3-5-15(6-4-11)10(2)16/h9,11H,3-8H2,1-2H3,(H,14,17)(H,18,19). The number of amides is 2. The maximum absolute atomic E-state index is 11.7. The highest BCUT2D eigenvalue weighted by molar-refractivity contribution is 5.77. The molecule has 1 aliphatic rings. The second-order valence-electron chi connectivity index (χ2n) is 5.26. The van der Waals surface area contributed by atoms with Crippen LogP contribution in [0.4, 0.5) is 0 Å². The molecule has 0 spiro atoms. The van der Waals surface area contributed by atoms with Crippen molar-refractivity contribution in [2.45, 2.75) is 45.6 Å². The van der Waals surface area contributed by atoms with E-state index in [4.69, 9.17) is 5.11 Å². The van der Waals surface area contributed by atoms with Crippen LogP contribution in [0.25, 0.3) is 0 Å². The Kier molecular flexibility index (Phi) is 5.79. The number of hydrogen-bond donors (Lipinski definition) is 2. The number of carboxylic acid groups (broad SMARTS) is 1. The largest absolute Gasteiger partial charge is 0.481 e. The molecule has 0 bridgehead atoms. The Labute approximate surface area is 113 Å². The van der Waals surface area contributed by atoms with Crippen LogP contribution >= 0.6 is 0 Å². The van der Waals surface area contributed by atoms with Gasteiger partial charge in [-0.1, -0.05) is 6.92 Å². The first-order valence-electron chi connectivity index (χ1n) is 6.65. The molecule has 6 nitrogen and oxygen atoms in total. The summed E-state index contributed by atoms with van der Waals surface area (Å²) in [6.07, 6.45) is 1.77. The lowest BCUT2D eigenvalue weighted by molar-refractivity contribution is -0.138. The normalized spacial score (nSPS) is 17.9. The van der Waals surface area contributed by atoms with E-state index in [0.717, 1.165) is 12.8 Å². The molecule has 0 radical (unpaired) electrons. The molecule has 0 saturated carbocycles. The number of carboxylic acids is 1. The van der Waals surface area contributed by atoms with Gasteiger partial charge < -0.3 is 15.3 Å². The fraction of sp³-hybridized carbons (Fsp3) is 0.769. The second-order valence-corrected chi connectivity index (χ2v) is 5.26. The van der Waals surface area contributed by atoms with Crippen LogP contribution in [-0.2, 0) is 14.4 Å². The highest BCUT2D eigenvalue weighted by atomic mass is 16.4. The van der Waals surface area contributed by atoms with Gasteiger partial charge >= 0.3 is 5.97 Å². The highest BCUT2D eigenvalue weighted by Gasteiger charge is 2.22. The summed E-state index contributed by atoms with van der Waals surface area (Å²) in [7, 11) is 0. The van der Waals surface area contributed by atoms with Gasteiger partial charge in [0.25, 0.3) is 0 Å². The van der Waals surface area contributed by atoms with Crippen molar-refractivity contribution in [2.24, 2.45) is 5.92 Å². The van der Waals surface area contributed by atoms with Crippen molar-refractivity contribution in [1.82, 2.24) is 10.2 Å². The zero-order chi connectivity index (χ0) is 14.4. The van der Waals surface area contributed by atoms with Crippen molar-refractivity contribution in [2.75, 3.05) is 13.1 Å². The van der Waals surface area contributed by atoms with Gasteiger partial charge in [-0.2, -0.15) is 0 Å². The van der Waals surface area contributed by atoms with Crippen molar-refractivity contribution >= 4 is 17.8 Å². The molecule has 0 aromatic carbocycles. The number of rotatable bonds is 5. The smallest absolute Gasteiger partial charge is 0.303 e. The van der Waals surface area contributed by atoms with E-state index in [1.54, 1.807) is 18.7 Å². The molecule has 1 heterocycles. The summed E-state index contributed by atoms with van der Waals surface area (Å²) in [5.74, 6) is -1.07. The first-order valence-corrected chi connectivity index (χ1v) is 6.65. The third-order valence-electron chi connectivity index (χ3n) is 3.36. The summed E-state index contributed by atoms with van der Waals surface area (Å²) >= 11 is 0. The van der Waals surface area contributed by atoms with Crippen LogP contribution in [0, 0.1) is 5.92 Å². The third kappa shape index (κ3) is 5.72. The molecule has 2 N–H and O–H groups in total. The predicted octanol–water partition coefficient (Wildman–Crippen LogP) is 0.614. The van der Waals surface area contributed by atoms with Crippen LogP contribution in [0.3, 0.4) is 0 Å². The molecule has 1 fully saturated rings. The maximum Gasteiger partial charge on any atom is 0.303 e. The Morgan fingerprint density at radius 1 is 1.26 bits per heavy atom. The summed E-state index contributed by atoms with van der Waals surface area (Å²) in [4.78, 5) is 35.2. The highest BCUT2D eigenvalue weighted by Crippen LogP contribution is 2.12. The van der Waals surface area contributed by atoms with Crippen LogP contribution in [0.15, 0.2) is 0 Å². The zero-order valence-corrected chi connectivity index (χ0v) is 11.5. The van der Waals surface area contributed by atoms with E-state index in [9.17, 15) is 14.4 Å². The van der Waals surface area contributed by atoms with E-state index in [1.807, 2.05) is 0 Å². The molecular weight excluding hydrogens is 248 g/mol. The molecular formula is C13H22N2O4. The Bertz CT molecular complexity index is 349. The molecule has 1 aliphatic heterocycles. The molecule has 2 amide bonds. The molecule has 0 aromatic heterocycles. The Hall–Kier alpha value is -1.59. The van der Waals surface area contributed by atoms with E-state index in [1.165, 1.54) is 0 Å². The quantitative estimate of drug-likeness (QED) is 0.766. The Balaban J connectivity index is 2.27. The van der Waals surface area contributed by atoms with E-state index in [0.29, 0.717) is 13.1 Å². The number of nitrogens with zero attached hydrogens (tertiary/aromatic N) is 1. The van der Waals surface area contributed by atoms with E-state index < -0.39 is 5.97 Å². The lowest BCUT2D eigenvalue weighted by Gasteiger charge is -2.31. The topological polar surface area (TPSA) is 86.7 Å². The van der Waals surface area contributed by atoms with Crippen LogP contribution in [0.1, 0.15) is 39.5 Å². The van der Waals surface area contributed by atoms with E-state index >= 15 is 0 Å². The van der Waals surface area contributed by atoms with Crippen LogP contribution in [0.2, 0.25) is 0 Å². The van der Waals surface area contributed by atoms with Crippen molar-refractivity contribution in [1.29, 1.82) is 0 Å². The summed E-state index contributed by atoms with van der Waals surface area (Å²) in [5.41, 5.74) is 0.